The SMILES string of the molecule is Nc1ccc2oc(C(=O)OCCc3ccccn3)cc2c1. The number of rotatable bonds is 4. The van der Waals surface area contributed by atoms with Gasteiger partial charge < -0.3 is 14.9 Å². The van der Waals surface area contributed by atoms with Crippen molar-refractivity contribution >= 4 is 22.6 Å². The maximum Gasteiger partial charge on any atom is 0.374 e. The molecule has 0 aliphatic heterocycles. The van der Waals surface area contributed by atoms with Crippen molar-refractivity contribution in [1.82, 2.24) is 4.98 Å². The van der Waals surface area contributed by atoms with E-state index in [0.29, 0.717) is 17.7 Å². The molecule has 0 fully saturated rings. The Morgan fingerprint density at radius 1 is 1.24 bits per heavy atom. The number of nitrogens with two attached hydrogens (primary N) is 1. The highest BCUT2D eigenvalue weighted by molar-refractivity contribution is 5.93. The molecular formula is C16H14N2O3. The summed E-state index contributed by atoms with van der Waals surface area (Å²) in [7, 11) is 0. The van der Waals surface area contributed by atoms with Crippen molar-refractivity contribution in [1.29, 1.82) is 0 Å². The number of nitrogen functional groups attached to an aromatic ring is 1. The van der Waals surface area contributed by atoms with Crippen LogP contribution < -0.4 is 5.73 Å². The van der Waals surface area contributed by atoms with Crippen molar-refractivity contribution in [2.75, 3.05) is 12.3 Å². The van der Waals surface area contributed by atoms with Crippen molar-refractivity contribution in [2.45, 2.75) is 6.42 Å². The summed E-state index contributed by atoms with van der Waals surface area (Å²) in [5, 5.41) is 0.784. The van der Waals surface area contributed by atoms with E-state index in [1.54, 1.807) is 30.5 Å². The minimum absolute atomic E-state index is 0.177. The Bertz CT molecular complexity index is 766. The Labute approximate surface area is 121 Å². The largest absolute Gasteiger partial charge is 0.459 e. The Morgan fingerprint density at radius 2 is 2.14 bits per heavy atom. The van der Waals surface area contributed by atoms with Gasteiger partial charge in [-0.25, -0.2) is 4.79 Å². The summed E-state index contributed by atoms with van der Waals surface area (Å²) < 4.78 is 10.6. The van der Waals surface area contributed by atoms with E-state index in [0.717, 1.165) is 11.1 Å². The first-order valence-electron chi connectivity index (χ1n) is 6.58. The lowest BCUT2D eigenvalue weighted by molar-refractivity contribution is 0.0475. The van der Waals surface area contributed by atoms with Gasteiger partial charge in [0.2, 0.25) is 5.76 Å². The molecule has 5 nitrogen and oxygen atoms in total. The fourth-order valence-electron chi connectivity index (χ4n) is 2.03. The molecule has 2 N–H and O–H groups in total. The average Bonchev–Trinajstić information content (AvgIpc) is 2.91. The minimum Gasteiger partial charge on any atom is -0.459 e. The molecule has 0 amide bonds. The zero-order chi connectivity index (χ0) is 14.7. The number of fused-ring (bicyclic) bond motifs is 1. The standard InChI is InChI=1S/C16H14N2O3/c17-12-4-5-14-11(9-12)10-15(21-14)16(19)20-8-6-13-3-1-2-7-18-13/h1-5,7,9-10H,6,8,17H2. The Morgan fingerprint density at radius 3 is 2.95 bits per heavy atom. The van der Waals surface area contributed by atoms with Crippen molar-refractivity contribution in [3.8, 4) is 0 Å². The van der Waals surface area contributed by atoms with Crippen LogP contribution in [0.2, 0.25) is 0 Å². The number of aromatic nitrogens is 1. The normalized spacial score (nSPS) is 10.7. The number of hydrogen-bond acceptors (Lipinski definition) is 5. The molecule has 3 aromatic rings. The predicted molar refractivity (Wildman–Crippen MR) is 78.8 cm³/mol. The third kappa shape index (κ3) is 3.02. The van der Waals surface area contributed by atoms with Gasteiger partial charge in [0.15, 0.2) is 0 Å². The van der Waals surface area contributed by atoms with Crippen LogP contribution >= 0.6 is 0 Å². The van der Waals surface area contributed by atoms with Gasteiger partial charge >= 0.3 is 5.97 Å². The number of benzene rings is 1. The monoisotopic (exact) mass is 282 g/mol. The number of carbonyl (C=O) groups excluding carboxylic acids is 1. The molecular weight excluding hydrogens is 268 g/mol. The smallest absolute Gasteiger partial charge is 0.374 e. The van der Waals surface area contributed by atoms with E-state index in [-0.39, 0.29) is 12.4 Å². The first-order chi connectivity index (χ1) is 10.2. The second-order valence-electron chi connectivity index (χ2n) is 4.61. The number of hydrogen-bond donors (Lipinski definition) is 1. The van der Waals surface area contributed by atoms with Crippen LogP contribution in [0.4, 0.5) is 5.69 Å². The highest BCUT2D eigenvalue weighted by atomic mass is 16.5. The summed E-state index contributed by atoms with van der Waals surface area (Å²) in [6.45, 7) is 0.259. The molecule has 0 spiro atoms. The molecule has 0 radical (unpaired) electrons. The number of ether oxygens (including phenoxy) is 1. The minimum atomic E-state index is -0.485. The van der Waals surface area contributed by atoms with Crippen LogP contribution in [0, 0.1) is 0 Å². The molecule has 0 atom stereocenters. The van der Waals surface area contributed by atoms with E-state index < -0.39 is 5.97 Å². The van der Waals surface area contributed by atoms with Crippen molar-refractivity contribution in [3.05, 3.63) is 60.1 Å². The quantitative estimate of drug-likeness (QED) is 0.588. The second kappa shape index (κ2) is 5.66. The molecule has 0 saturated heterocycles. The van der Waals surface area contributed by atoms with Gasteiger partial charge in [0.1, 0.15) is 5.58 Å². The van der Waals surface area contributed by atoms with Crippen LogP contribution in [0.25, 0.3) is 11.0 Å². The topological polar surface area (TPSA) is 78.3 Å². The highest BCUT2D eigenvalue weighted by Crippen LogP contribution is 2.22. The Balaban J connectivity index is 1.64. The van der Waals surface area contributed by atoms with E-state index in [1.165, 1.54) is 0 Å². The second-order valence-corrected chi connectivity index (χ2v) is 4.61. The summed E-state index contributed by atoms with van der Waals surface area (Å²) in [5.41, 5.74) is 7.80. The Hall–Kier alpha value is -2.82. The Kier molecular flexibility index (Phi) is 3.55. The zero-order valence-electron chi connectivity index (χ0n) is 11.3. The van der Waals surface area contributed by atoms with Crippen molar-refractivity contribution in [3.63, 3.8) is 0 Å². The first kappa shape index (κ1) is 13.2. The van der Waals surface area contributed by atoms with Gasteiger partial charge in [-0.2, -0.15) is 0 Å². The maximum atomic E-state index is 11.9. The van der Waals surface area contributed by atoms with Gasteiger partial charge in [-0.3, -0.25) is 4.98 Å². The number of esters is 1. The van der Waals surface area contributed by atoms with E-state index in [1.807, 2.05) is 18.2 Å². The molecule has 21 heavy (non-hydrogen) atoms. The van der Waals surface area contributed by atoms with Gasteiger partial charge in [-0.05, 0) is 36.4 Å². The summed E-state index contributed by atoms with van der Waals surface area (Å²) in [6.07, 6.45) is 2.28. The number of anilines is 1. The average molecular weight is 282 g/mol. The molecule has 0 bridgehead atoms. The molecule has 5 heteroatoms. The lowest BCUT2D eigenvalue weighted by Crippen LogP contribution is -2.07. The fourth-order valence-corrected chi connectivity index (χ4v) is 2.03. The third-order valence-corrected chi connectivity index (χ3v) is 3.06. The first-order valence-corrected chi connectivity index (χ1v) is 6.58. The predicted octanol–water partition coefficient (Wildman–Crippen LogP) is 2.81. The van der Waals surface area contributed by atoms with Crippen molar-refractivity contribution in [2.24, 2.45) is 0 Å². The van der Waals surface area contributed by atoms with Crippen LogP contribution in [-0.2, 0) is 11.2 Å². The number of nitrogens with zero attached hydrogens (tertiary/aromatic N) is 1. The molecule has 0 saturated carbocycles. The highest BCUT2D eigenvalue weighted by Gasteiger charge is 2.13. The summed E-state index contributed by atoms with van der Waals surface area (Å²) in [5.74, 6) is -0.308. The zero-order valence-corrected chi connectivity index (χ0v) is 11.3. The van der Waals surface area contributed by atoms with E-state index in [9.17, 15) is 4.79 Å². The van der Waals surface area contributed by atoms with Gasteiger partial charge in [0.05, 0.1) is 6.61 Å². The molecule has 0 aliphatic rings. The van der Waals surface area contributed by atoms with Gasteiger partial charge in [0.25, 0.3) is 0 Å². The lowest BCUT2D eigenvalue weighted by Gasteiger charge is -2.02. The van der Waals surface area contributed by atoms with Crippen LogP contribution in [0.3, 0.4) is 0 Å². The maximum absolute atomic E-state index is 11.9. The van der Waals surface area contributed by atoms with Crippen LogP contribution in [-0.4, -0.2) is 17.6 Å². The number of carbonyl (C=O) groups is 1. The molecule has 106 valence electrons. The summed E-state index contributed by atoms with van der Waals surface area (Å²) in [4.78, 5) is 16.1. The van der Waals surface area contributed by atoms with Crippen LogP contribution in [0.15, 0.2) is 53.1 Å². The van der Waals surface area contributed by atoms with Crippen LogP contribution in [0.5, 0.6) is 0 Å². The molecule has 1 aromatic carbocycles. The number of pyridine rings is 1. The van der Waals surface area contributed by atoms with Gasteiger partial charge in [-0.1, -0.05) is 6.07 Å². The number of furan rings is 1. The molecule has 0 aliphatic carbocycles. The summed E-state index contributed by atoms with van der Waals surface area (Å²) in [6, 6.07) is 12.5. The van der Waals surface area contributed by atoms with Crippen LogP contribution in [0.1, 0.15) is 16.2 Å². The third-order valence-electron chi connectivity index (χ3n) is 3.06. The molecule has 2 aromatic heterocycles. The van der Waals surface area contributed by atoms with Gasteiger partial charge in [0, 0.05) is 29.4 Å². The van der Waals surface area contributed by atoms with Crippen molar-refractivity contribution < 1.29 is 13.9 Å². The van der Waals surface area contributed by atoms with E-state index >= 15 is 0 Å². The van der Waals surface area contributed by atoms with E-state index in [2.05, 4.69) is 4.98 Å². The molecule has 3 rings (SSSR count). The molecule has 0 unspecified atom stereocenters. The molecule has 2 heterocycles. The van der Waals surface area contributed by atoms with Gasteiger partial charge in [-0.15, -0.1) is 0 Å². The van der Waals surface area contributed by atoms with E-state index in [4.69, 9.17) is 14.9 Å². The lowest BCUT2D eigenvalue weighted by atomic mass is 10.2. The fraction of sp³-hybridized carbons (Fsp3) is 0.125. The summed E-state index contributed by atoms with van der Waals surface area (Å²) >= 11 is 0.